The molecule has 2 aromatic rings. The summed E-state index contributed by atoms with van der Waals surface area (Å²) in [6, 6.07) is 0. The molecule has 0 radical (unpaired) electrons. The smallest absolute Gasteiger partial charge is 0.340 e. The first-order valence-corrected chi connectivity index (χ1v) is 11.8. The maximum atomic E-state index is 11.7. The second kappa shape index (κ2) is 9.28. The first-order chi connectivity index (χ1) is 13.4. The summed E-state index contributed by atoms with van der Waals surface area (Å²) >= 11 is 5.83. The number of hydrogen-bond acceptors (Lipinski definition) is 11. The highest BCUT2D eigenvalue weighted by Crippen LogP contribution is 2.55. The Morgan fingerprint density at radius 3 is 2.53 bits per heavy atom. The van der Waals surface area contributed by atoms with E-state index in [1.807, 2.05) is 0 Å². The molecular weight excluding hydrogens is 493 g/mol. The number of fused-ring (bicyclic) bond motifs is 1. The molecule has 0 bridgehead atoms. The number of nitrogens with zero attached hydrogens (tertiary/aromatic N) is 4. The molecule has 0 aliphatic carbocycles. The number of aliphatic hydroxyl groups excluding tert-OH is 2. The van der Waals surface area contributed by atoms with Gasteiger partial charge in [0.1, 0.15) is 18.3 Å². The first-order valence-electron chi connectivity index (χ1n) is 7.82. The highest BCUT2D eigenvalue weighted by molar-refractivity contribution is 7.70. The van der Waals surface area contributed by atoms with E-state index in [0.717, 1.165) is 4.68 Å². The van der Waals surface area contributed by atoms with E-state index in [1.54, 1.807) is 0 Å². The van der Waals surface area contributed by atoms with Crippen LogP contribution in [0, 0.1) is 0 Å². The Labute approximate surface area is 179 Å². The number of hydrazine groups is 1. The molecule has 0 spiro atoms. The van der Waals surface area contributed by atoms with Crippen molar-refractivity contribution in [2.45, 2.75) is 24.5 Å². The summed E-state index contributed by atoms with van der Waals surface area (Å²) in [5.74, 6) is 4.11. The number of nitrogens with two attached hydrogens (primary N) is 1. The van der Waals surface area contributed by atoms with Gasteiger partial charge >= 0.3 is 15.2 Å². The molecule has 1 aliphatic rings. The van der Waals surface area contributed by atoms with Crippen LogP contribution in [0.25, 0.3) is 11.0 Å². The lowest BCUT2D eigenvalue weighted by molar-refractivity contribution is -0.0541. The molecule has 1 unspecified atom stereocenters. The monoisotopic (exact) mass is 510 g/mol. The van der Waals surface area contributed by atoms with Gasteiger partial charge in [0, 0.05) is 0 Å². The van der Waals surface area contributed by atoms with Gasteiger partial charge in [-0.15, -0.1) is 12.4 Å². The second-order valence-corrected chi connectivity index (χ2v) is 10.4. The molecule has 3 rings (SSSR count). The molecule has 0 amide bonds. The van der Waals surface area contributed by atoms with E-state index >= 15 is 0 Å². The summed E-state index contributed by atoms with van der Waals surface area (Å²) in [4.78, 5) is 35.0. The van der Waals surface area contributed by atoms with E-state index in [9.17, 15) is 24.2 Å². The number of aliphatic hydroxyl groups is 2. The predicted molar refractivity (Wildman–Crippen MR) is 104 cm³/mol. The minimum atomic E-state index is -4.82. The van der Waals surface area contributed by atoms with Gasteiger partial charge in [0.05, 0.1) is 18.2 Å². The molecule has 3 heterocycles. The van der Waals surface area contributed by atoms with Gasteiger partial charge in [-0.05, 0) is 11.6 Å². The van der Waals surface area contributed by atoms with Gasteiger partial charge in [0.25, 0.3) is 0 Å². The van der Waals surface area contributed by atoms with Gasteiger partial charge in [-0.3, -0.25) is 9.13 Å². The van der Waals surface area contributed by atoms with Crippen molar-refractivity contribution in [1.29, 1.82) is 0 Å². The number of halogens is 2. The van der Waals surface area contributed by atoms with Crippen LogP contribution in [0.3, 0.4) is 0 Å². The Morgan fingerprint density at radius 2 is 1.93 bits per heavy atom. The molecule has 15 nitrogen and oxygen atoms in total. The van der Waals surface area contributed by atoms with Crippen LogP contribution >= 0.6 is 39.2 Å². The van der Waals surface area contributed by atoms with Crippen molar-refractivity contribution in [1.82, 2.24) is 19.7 Å². The predicted octanol–water partition coefficient (Wildman–Crippen LogP) is -0.857. The molecule has 1 aliphatic heterocycles. The molecule has 2 aromatic heterocycles. The Kier molecular flexibility index (Phi) is 7.84. The van der Waals surface area contributed by atoms with Crippen LogP contribution in [0.15, 0.2) is 6.20 Å². The fraction of sp³-hybridized carbons (Fsp3) is 0.545. The summed E-state index contributed by atoms with van der Waals surface area (Å²) in [7, 11) is -9.48. The topological polar surface area (TPSA) is 235 Å². The normalized spacial score (nSPS) is 26.4. The number of ether oxygens (including phenoxy) is 1. The average molecular weight is 511 g/mol. The van der Waals surface area contributed by atoms with Crippen LogP contribution in [0.2, 0.25) is 5.28 Å². The van der Waals surface area contributed by atoms with Crippen LogP contribution < -0.4 is 11.3 Å². The average Bonchev–Trinajstić information content (AvgIpc) is 3.12. The van der Waals surface area contributed by atoms with Gasteiger partial charge in [-0.1, -0.05) is 0 Å². The molecule has 1 fully saturated rings. The molecule has 19 heteroatoms. The fourth-order valence-electron chi connectivity index (χ4n) is 2.73. The SMILES string of the molecule is Cl.NNc1nc(Cl)nc2c1cnn2[C@@H]1O[C@H](COP(=O)(O)CP(=O)(O)O)[C@@H](O)[C@H]1O. The Balaban J connectivity index is 0.00000320. The Hall–Kier alpha value is -0.930. The van der Waals surface area contributed by atoms with Gasteiger partial charge in [0.15, 0.2) is 23.6 Å². The van der Waals surface area contributed by atoms with E-state index < -0.39 is 52.2 Å². The molecular formula is C11H18Cl2N6O9P2. The van der Waals surface area contributed by atoms with Gasteiger partial charge in [-0.25, -0.2) is 10.5 Å². The van der Waals surface area contributed by atoms with Crippen molar-refractivity contribution in [3.8, 4) is 0 Å². The molecule has 5 atom stereocenters. The van der Waals surface area contributed by atoms with Gasteiger partial charge in [0.2, 0.25) is 5.28 Å². The van der Waals surface area contributed by atoms with E-state index in [4.69, 9.17) is 32.0 Å². The van der Waals surface area contributed by atoms with Crippen molar-refractivity contribution in [2.24, 2.45) is 5.84 Å². The molecule has 30 heavy (non-hydrogen) atoms. The molecule has 0 saturated carbocycles. The molecule has 0 aromatic carbocycles. The van der Waals surface area contributed by atoms with Crippen molar-refractivity contribution < 1.29 is 43.3 Å². The largest absolute Gasteiger partial charge is 0.387 e. The van der Waals surface area contributed by atoms with Gasteiger partial charge < -0.3 is 39.6 Å². The van der Waals surface area contributed by atoms with Crippen molar-refractivity contribution >= 4 is 56.1 Å². The number of rotatable bonds is 7. The zero-order valence-electron chi connectivity index (χ0n) is 14.7. The molecule has 1 saturated heterocycles. The quantitative estimate of drug-likeness (QED) is 0.104. The van der Waals surface area contributed by atoms with Crippen LogP contribution in [0.5, 0.6) is 0 Å². The third-order valence-corrected chi connectivity index (χ3v) is 7.57. The number of anilines is 1. The van der Waals surface area contributed by atoms with E-state index in [2.05, 4.69) is 25.0 Å². The second-order valence-electron chi connectivity index (χ2n) is 6.10. The van der Waals surface area contributed by atoms with Crippen LogP contribution in [-0.2, 0) is 18.4 Å². The van der Waals surface area contributed by atoms with Crippen LogP contribution in [-0.4, -0.2) is 75.5 Å². The summed E-state index contributed by atoms with van der Waals surface area (Å²) in [6.45, 7) is -0.729. The zero-order valence-corrected chi connectivity index (χ0v) is 18.1. The highest BCUT2D eigenvalue weighted by atomic mass is 35.5. The van der Waals surface area contributed by atoms with Crippen LogP contribution in [0.1, 0.15) is 6.23 Å². The highest BCUT2D eigenvalue weighted by Gasteiger charge is 2.46. The maximum Gasteiger partial charge on any atom is 0.340 e. The fourth-order valence-corrected chi connectivity index (χ4v) is 5.46. The first kappa shape index (κ1) is 25.3. The summed E-state index contributed by atoms with van der Waals surface area (Å²) in [5, 5.41) is 24.7. The standard InChI is InChI=1S/C11H17ClN6O9P2.ClH/c12-11-15-8(17-13)4-1-14-18(9(4)16-11)10-7(20)6(19)5(27-10)2-26-29(24,25)3-28(21,22)23;/h1,5-7,10,19-20H,2-3,13H2,(H,24,25)(H,15,16,17)(H2,21,22,23);1H/t5-,6-,7-,10-;/m1./s1. The molecule has 8 N–H and O–H groups in total. The Morgan fingerprint density at radius 1 is 1.27 bits per heavy atom. The van der Waals surface area contributed by atoms with Crippen molar-refractivity contribution in [3.63, 3.8) is 0 Å². The summed E-state index contributed by atoms with van der Waals surface area (Å²) in [5.41, 5.74) is 2.43. The number of nitrogen functional groups attached to an aromatic ring is 1. The van der Waals surface area contributed by atoms with Gasteiger partial charge in [-0.2, -0.15) is 15.1 Å². The number of nitrogens with one attached hydrogen (secondary N) is 1. The lowest BCUT2D eigenvalue weighted by atomic mass is 10.1. The third kappa shape index (κ3) is 5.46. The number of aromatic nitrogens is 4. The minimum absolute atomic E-state index is 0. The van der Waals surface area contributed by atoms with E-state index in [0.29, 0.717) is 5.39 Å². The van der Waals surface area contributed by atoms with E-state index in [1.165, 1.54) is 6.20 Å². The third-order valence-electron chi connectivity index (χ3n) is 3.94. The van der Waals surface area contributed by atoms with Crippen molar-refractivity contribution in [2.75, 3.05) is 17.9 Å². The van der Waals surface area contributed by atoms with E-state index in [-0.39, 0.29) is 29.2 Å². The zero-order chi connectivity index (χ0) is 21.6. The lowest BCUT2D eigenvalue weighted by Crippen LogP contribution is -2.33. The molecule has 170 valence electrons. The minimum Gasteiger partial charge on any atom is -0.387 e. The summed E-state index contributed by atoms with van der Waals surface area (Å²) in [6.07, 6.45) is -4.40. The Bertz CT molecular complexity index is 1000. The summed E-state index contributed by atoms with van der Waals surface area (Å²) < 4.78 is 33.8. The number of hydrogen-bond donors (Lipinski definition) is 7. The maximum absolute atomic E-state index is 11.7. The van der Waals surface area contributed by atoms with Crippen molar-refractivity contribution in [3.05, 3.63) is 11.5 Å². The lowest BCUT2D eigenvalue weighted by Gasteiger charge is -2.18. The van der Waals surface area contributed by atoms with Crippen LogP contribution in [0.4, 0.5) is 5.82 Å².